The molecule has 1 nitrogen and oxygen atoms in total. The first-order valence-corrected chi connectivity index (χ1v) is 4.68. The van der Waals surface area contributed by atoms with Crippen LogP contribution in [0.25, 0.3) is 0 Å². The Hall–Kier alpha value is -0.810. The maximum absolute atomic E-state index is 10.3. The largest absolute Gasteiger partial charge is 0.234 e. The van der Waals surface area contributed by atoms with Crippen molar-refractivity contribution < 1.29 is 4.79 Å². The molecule has 0 aliphatic heterocycles. The molecule has 0 unspecified atom stereocenters. The van der Waals surface area contributed by atoms with Crippen LogP contribution in [-0.4, -0.2) is 5.94 Å². The Bertz CT molecular complexity index is 164. The second-order valence-corrected chi connectivity index (χ2v) is 3.01. The standard InChI is InChI=1S/C11H18O/c1-3-5-6-7-9-11(10-12)8-4-2/h4H,2-3,5-9H2,1H3. The Morgan fingerprint density at radius 1 is 1.42 bits per heavy atom. The molecule has 0 amide bonds. The maximum atomic E-state index is 10.3. The van der Waals surface area contributed by atoms with E-state index >= 15 is 0 Å². The first-order chi connectivity index (χ1) is 5.85. The molecule has 12 heavy (non-hydrogen) atoms. The van der Waals surface area contributed by atoms with E-state index in [1.807, 2.05) is 5.94 Å². The summed E-state index contributed by atoms with van der Waals surface area (Å²) >= 11 is 0. The van der Waals surface area contributed by atoms with E-state index < -0.39 is 0 Å². The normalized spacial score (nSPS) is 9.08. The van der Waals surface area contributed by atoms with Crippen LogP contribution in [0.3, 0.4) is 0 Å². The van der Waals surface area contributed by atoms with Crippen LogP contribution in [0.15, 0.2) is 18.2 Å². The molecule has 0 bridgehead atoms. The van der Waals surface area contributed by atoms with Gasteiger partial charge in [-0.15, -0.1) is 6.58 Å². The van der Waals surface area contributed by atoms with Gasteiger partial charge in [0, 0.05) is 5.57 Å². The third-order valence-corrected chi connectivity index (χ3v) is 1.87. The molecule has 0 saturated carbocycles. The summed E-state index contributed by atoms with van der Waals surface area (Å²) in [5.74, 6) is 1.98. The fourth-order valence-corrected chi connectivity index (χ4v) is 1.13. The molecule has 0 saturated heterocycles. The molecule has 1 heteroatoms. The zero-order chi connectivity index (χ0) is 9.23. The van der Waals surface area contributed by atoms with E-state index in [-0.39, 0.29) is 0 Å². The van der Waals surface area contributed by atoms with Gasteiger partial charge in [0.1, 0.15) is 5.94 Å². The lowest BCUT2D eigenvalue weighted by Gasteiger charge is -1.98. The Morgan fingerprint density at radius 2 is 2.17 bits per heavy atom. The van der Waals surface area contributed by atoms with Crippen LogP contribution in [0.4, 0.5) is 0 Å². The Labute approximate surface area is 75.2 Å². The third kappa shape index (κ3) is 5.94. The summed E-state index contributed by atoms with van der Waals surface area (Å²) < 4.78 is 0. The summed E-state index contributed by atoms with van der Waals surface area (Å²) in [6.45, 7) is 5.77. The number of hydrogen-bond donors (Lipinski definition) is 0. The van der Waals surface area contributed by atoms with Crippen LogP contribution in [0.2, 0.25) is 0 Å². The first kappa shape index (κ1) is 11.2. The van der Waals surface area contributed by atoms with E-state index in [1.54, 1.807) is 6.08 Å². The Balaban J connectivity index is 3.46. The smallest absolute Gasteiger partial charge is 0.123 e. The molecule has 0 radical (unpaired) electrons. The summed E-state index contributed by atoms with van der Waals surface area (Å²) in [6, 6.07) is 0. The fourth-order valence-electron chi connectivity index (χ4n) is 1.13. The van der Waals surface area contributed by atoms with Crippen molar-refractivity contribution >= 4 is 5.94 Å². The van der Waals surface area contributed by atoms with E-state index in [0.29, 0.717) is 6.42 Å². The van der Waals surface area contributed by atoms with Gasteiger partial charge in [-0.3, -0.25) is 0 Å². The minimum absolute atomic E-state index is 0.704. The molecule has 0 heterocycles. The highest BCUT2D eigenvalue weighted by Gasteiger charge is 1.95. The lowest BCUT2D eigenvalue weighted by molar-refractivity contribution is 0.563. The average molecular weight is 166 g/mol. The summed E-state index contributed by atoms with van der Waals surface area (Å²) in [4.78, 5) is 10.3. The van der Waals surface area contributed by atoms with E-state index in [0.717, 1.165) is 18.4 Å². The van der Waals surface area contributed by atoms with Crippen molar-refractivity contribution in [3.63, 3.8) is 0 Å². The summed E-state index contributed by atoms with van der Waals surface area (Å²) in [7, 11) is 0. The quantitative estimate of drug-likeness (QED) is 0.322. The molecular weight excluding hydrogens is 148 g/mol. The SMILES string of the molecule is C=CCC(=C=O)CCCCCC. The van der Waals surface area contributed by atoms with Crippen LogP contribution in [0.5, 0.6) is 0 Å². The van der Waals surface area contributed by atoms with Crippen molar-refractivity contribution in [2.45, 2.75) is 45.4 Å². The molecule has 0 N–H and O–H groups in total. The topological polar surface area (TPSA) is 17.1 Å². The van der Waals surface area contributed by atoms with Crippen molar-refractivity contribution in [3.05, 3.63) is 18.2 Å². The molecule has 0 aliphatic carbocycles. The summed E-state index contributed by atoms with van der Waals surface area (Å²) in [5, 5.41) is 0. The summed E-state index contributed by atoms with van der Waals surface area (Å²) in [6.07, 6.45) is 8.21. The highest BCUT2D eigenvalue weighted by atomic mass is 16.1. The van der Waals surface area contributed by atoms with Gasteiger partial charge in [-0.25, -0.2) is 4.79 Å². The number of carbonyl (C=O) groups excluding carboxylic acids is 1. The number of rotatable bonds is 7. The van der Waals surface area contributed by atoms with E-state index in [4.69, 9.17) is 0 Å². The molecule has 0 aliphatic rings. The van der Waals surface area contributed by atoms with Crippen molar-refractivity contribution in [3.8, 4) is 0 Å². The molecule has 68 valence electrons. The van der Waals surface area contributed by atoms with Crippen molar-refractivity contribution in [1.82, 2.24) is 0 Å². The monoisotopic (exact) mass is 166 g/mol. The van der Waals surface area contributed by atoms with E-state index in [9.17, 15) is 4.79 Å². The molecule has 0 aromatic carbocycles. The van der Waals surface area contributed by atoms with Crippen molar-refractivity contribution in [1.29, 1.82) is 0 Å². The van der Waals surface area contributed by atoms with E-state index in [1.165, 1.54) is 19.3 Å². The van der Waals surface area contributed by atoms with Crippen LogP contribution in [0.1, 0.15) is 45.4 Å². The molecular formula is C11H18O. The van der Waals surface area contributed by atoms with Gasteiger partial charge in [0.15, 0.2) is 0 Å². The molecule has 0 aromatic rings. The van der Waals surface area contributed by atoms with Crippen LogP contribution in [0, 0.1) is 0 Å². The Morgan fingerprint density at radius 3 is 2.67 bits per heavy atom. The fraction of sp³-hybridized carbons (Fsp3) is 0.636. The zero-order valence-corrected chi connectivity index (χ0v) is 7.94. The molecule has 0 atom stereocenters. The third-order valence-electron chi connectivity index (χ3n) is 1.87. The first-order valence-electron chi connectivity index (χ1n) is 4.68. The minimum atomic E-state index is 0.704. The van der Waals surface area contributed by atoms with Gasteiger partial charge in [-0.1, -0.05) is 32.3 Å². The Kier molecular flexibility index (Phi) is 7.73. The number of allylic oxidation sites excluding steroid dienone is 2. The van der Waals surface area contributed by atoms with E-state index in [2.05, 4.69) is 13.5 Å². The van der Waals surface area contributed by atoms with Crippen molar-refractivity contribution in [2.75, 3.05) is 0 Å². The molecule has 0 fully saturated rings. The molecule has 0 spiro atoms. The van der Waals surface area contributed by atoms with Gasteiger partial charge in [-0.2, -0.15) is 0 Å². The van der Waals surface area contributed by atoms with Gasteiger partial charge in [0.2, 0.25) is 0 Å². The van der Waals surface area contributed by atoms with Gasteiger partial charge in [-0.05, 0) is 19.3 Å². The van der Waals surface area contributed by atoms with Gasteiger partial charge >= 0.3 is 0 Å². The van der Waals surface area contributed by atoms with Gasteiger partial charge < -0.3 is 0 Å². The number of unbranched alkanes of at least 4 members (excludes halogenated alkanes) is 3. The van der Waals surface area contributed by atoms with Crippen molar-refractivity contribution in [2.24, 2.45) is 0 Å². The highest BCUT2D eigenvalue weighted by molar-refractivity contribution is 5.52. The van der Waals surface area contributed by atoms with Gasteiger partial charge in [0.25, 0.3) is 0 Å². The lowest BCUT2D eigenvalue weighted by Crippen LogP contribution is -1.84. The number of hydrogen-bond acceptors (Lipinski definition) is 1. The second kappa shape index (κ2) is 8.29. The maximum Gasteiger partial charge on any atom is 0.123 e. The zero-order valence-electron chi connectivity index (χ0n) is 7.94. The highest BCUT2D eigenvalue weighted by Crippen LogP contribution is 2.10. The lowest BCUT2D eigenvalue weighted by atomic mass is 10.1. The predicted molar refractivity (Wildman–Crippen MR) is 52.8 cm³/mol. The average Bonchev–Trinajstić information content (AvgIpc) is 2.10. The molecule has 0 aromatic heterocycles. The molecule has 0 rings (SSSR count). The second-order valence-electron chi connectivity index (χ2n) is 3.01. The van der Waals surface area contributed by atoms with Gasteiger partial charge in [0.05, 0.1) is 0 Å². The van der Waals surface area contributed by atoms with Crippen LogP contribution >= 0.6 is 0 Å². The summed E-state index contributed by atoms with van der Waals surface area (Å²) in [5.41, 5.74) is 0.862. The minimum Gasteiger partial charge on any atom is -0.234 e. The predicted octanol–water partition coefficient (Wildman–Crippen LogP) is 3.29. The van der Waals surface area contributed by atoms with Crippen LogP contribution in [-0.2, 0) is 4.79 Å². The van der Waals surface area contributed by atoms with Crippen LogP contribution < -0.4 is 0 Å².